The highest BCUT2D eigenvalue weighted by molar-refractivity contribution is 5.95. The van der Waals surface area contributed by atoms with E-state index in [2.05, 4.69) is 35.6 Å². The number of rotatable bonds is 11. The first-order chi connectivity index (χ1) is 19.1. The van der Waals surface area contributed by atoms with Crippen molar-refractivity contribution in [2.75, 3.05) is 33.2 Å². The number of benzene rings is 3. The first kappa shape index (κ1) is 26.3. The van der Waals surface area contributed by atoms with E-state index in [9.17, 15) is 4.79 Å². The number of carbonyl (C=O) groups is 1. The molecule has 4 aliphatic carbocycles. The predicted octanol–water partition coefficient (Wildman–Crippen LogP) is 7.11. The molecule has 0 saturated heterocycles. The lowest BCUT2D eigenvalue weighted by atomic mass is 9.48. The van der Waals surface area contributed by atoms with Crippen LogP contribution in [0.5, 0.6) is 5.75 Å². The van der Waals surface area contributed by atoms with Gasteiger partial charge in [-0.3, -0.25) is 4.79 Å². The van der Waals surface area contributed by atoms with Gasteiger partial charge in [0.1, 0.15) is 5.75 Å². The fourth-order valence-electron chi connectivity index (χ4n) is 7.93. The first-order valence-electron chi connectivity index (χ1n) is 14.8. The standard InChI is InChI=1S/C34H41NO4/c1-3-35-33(36)27-7-5-26(6-8-27)28-9-10-29-18-32(39-22-38-12-11-37-4-2)31(17-30(29)16-28)34-19-23-13-24(20-34)15-25(14-23)21-34/h5-10,16-18,23-25H,3-4,11-15,19-22H2,1-2H3,(H,35,36). The van der Waals surface area contributed by atoms with Crippen molar-refractivity contribution >= 4 is 16.7 Å². The highest BCUT2D eigenvalue weighted by atomic mass is 16.7. The second kappa shape index (κ2) is 11.3. The normalized spacial score (nSPS) is 25.2. The van der Waals surface area contributed by atoms with Crippen LogP contribution in [-0.4, -0.2) is 39.1 Å². The van der Waals surface area contributed by atoms with Crippen molar-refractivity contribution in [3.8, 4) is 16.9 Å². The molecule has 39 heavy (non-hydrogen) atoms. The predicted molar refractivity (Wildman–Crippen MR) is 155 cm³/mol. The maximum Gasteiger partial charge on any atom is 0.251 e. The molecular weight excluding hydrogens is 486 g/mol. The number of fused-ring (bicyclic) bond motifs is 1. The van der Waals surface area contributed by atoms with Crippen LogP contribution in [0.3, 0.4) is 0 Å². The van der Waals surface area contributed by atoms with E-state index < -0.39 is 0 Å². The van der Waals surface area contributed by atoms with Crippen LogP contribution in [-0.2, 0) is 14.9 Å². The van der Waals surface area contributed by atoms with E-state index in [1.165, 1.54) is 54.9 Å². The molecule has 3 aromatic rings. The van der Waals surface area contributed by atoms with E-state index in [0.29, 0.717) is 31.9 Å². The molecule has 0 radical (unpaired) electrons. The fourth-order valence-corrected chi connectivity index (χ4v) is 7.93. The molecule has 5 nitrogen and oxygen atoms in total. The van der Waals surface area contributed by atoms with Gasteiger partial charge in [0.15, 0.2) is 6.79 Å². The average molecular weight is 528 g/mol. The highest BCUT2D eigenvalue weighted by Gasteiger charge is 2.52. The van der Waals surface area contributed by atoms with Gasteiger partial charge in [-0.05, 0) is 128 Å². The Bertz CT molecular complexity index is 1280. The summed E-state index contributed by atoms with van der Waals surface area (Å²) in [6.07, 6.45) is 8.10. The van der Waals surface area contributed by atoms with Crippen LogP contribution in [0.25, 0.3) is 21.9 Å². The molecule has 4 saturated carbocycles. The molecule has 4 bridgehead atoms. The van der Waals surface area contributed by atoms with Crippen molar-refractivity contribution < 1.29 is 19.0 Å². The van der Waals surface area contributed by atoms with Crippen molar-refractivity contribution in [3.05, 3.63) is 65.7 Å². The molecule has 4 fully saturated rings. The molecule has 0 unspecified atom stereocenters. The van der Waals surface area contributed by atoms with E-state index >= 15 is 0 Å². The fraction of sp³-hybridized carbons (Fsp3) is 0.500. The minimum absolute atomic E-state index is 0.0304. The van der Waals surface area contributed by atoms with Gasteiger partial charge < -0.3 is 19.5 Å². The number of carbonyl (C=O) groups excluding carboxylic acids is 1. The summed E-state index contributed by atoms with van der Waals surface area (Å²) in [4.78, 5) is 12.2. The molecule has 0 aliphatic heterocycles. The second-order valence-corrected chi connectivity index (χ2v) is 11.9. The molecular formula is C34H41NO4. The van der Waals surface area contributed by atoms with Gasteiger partial charge in [-0.25, -0.2) is 0 Å². The summed E-state index contributed by atoms with van der Waals surface area (Å²) in [6, 6.07) is 19.2. The maximum absolute atomic E-state index is 12.2. The lowest BCUT2D eigenvalue weighted by Crippen LogP contribution is -2.48. The molecule has 0 spiro atoms. The van der Waals surface area contributed by atoms with Crippen molar-refractivity contribution in [2.45, 2.75) is 57.8 Å². The second-order valence-electron chi connectivity index (χ2n) is 11.9. The van der Waals surface area contributed by atoms with Gasteiger partial charge in [-0.1, -0.05) is 24.3 Å². The molecule has 4 aliphatic rings. The number of ether oxygens (including phenoxy) is 3. The summed E-state index contributed by atoms with van der Waals surface area (Å²) in [5.74, 6) is 3.53. The SMILES string of the molecule is CCNC(=O)c1ccc(-c2ccc3cc(OCOCCOCC)c(C45CC6CC(CC(C6)C4)C5)cc3c2)cc1. The zero-order valence-electron chi connectivity index (χ0n) is 23.3. The van der Waals surface area contributed by atoms with Crippen LogP contribution in [0.1, 0.15) is 68.3 Å². The monoisotopic (exact) mass is 527 g/mol. The summed E-state index contributed by atoms with van der Waals surface area (Å²) >= 11 is 0. The maximum atomic E-state index is 12.2. The molecule has 0 aromatic heterocycles. The average Bonchev–Trinajstić information content (AvgIpc) is 2.94. The Morgan fingerprint density at radius 1 is 0.821 bits per heavy atom. The minimum Gasteiger partial charge on any atom is -0.467 e. The number of nitrogens with one attached hydrogen (secondary N) is 1. The lowest BCUT2D eigenvalue weighted by molar-refractivity contribution is -0.0224. The molecule has 1 N–H and O–H groups in total. The quantitative estimate of drug-likeness (QED) is 0.213. The van der Waals surface area contributed by atoms with Crippen molar-refractivity contribution in [1.29, 1.82) is 0 Å². The molecule has 3 aromatic carbocycles. The van der Waals surface area contributed by atoms with Crippen molar-refractivity contribution in [2.24, 2.45) is 17.8 Å². The Balaban J connectivity index is 1.32. The van der Waals surface area contributed by atoms with Gasteiger partial charge in [0.25, 0.3) is 5.91 Å². The number of hydrogen-bond donors (Lipinski definition) is 1. The summed E-state index contributed by atoms with van der Waals surface area (Å²) < 4.78 is 17.5. The molecule has 5 heteroatoms. The van der Waals surface area contributed by atoms with E-state index in [0.717, 1.165) is 34.6 Å². The van der Waals surface area contributed by atoms with Gasteiger partial charge >= 0.3 is 0 Å². The third kappa shape index (κ3) is 5.44. The topological polar surface area (TPSA) is 56.8 Å². The van der Waals surface area contributed by atoms with Gasteiger partial charge in [0.2, 0.25) is 0 Å². The van der Waals surface area contributed by atoms with Crippen molar-refractivity contribution in [1.82, 2.24) is 5.32 Å². The van der Waals surface area contributed by atoms with Gasteiger partial charge in [-0.2, -0.15) is 0 Å². The summed E-state index contributed by atoms with van der Waals surface area (Å²) in [5, 5.41) is 5.29. The molecule has 206 valence electrons. The van der Waals surface area contributed by atoms with Crippen LogP contribution in [0.2, 0.25) is 0 Å². The van der Waals surface area contributed by atoms with Crippen molar-refractivity contribution in [3.63, 3.8) is 0 Å². The van der Waals surface area contributed by atoms with Gasteiger partial charge in [0.05, 0.1) is 13.2 Å². The largest absolute Gasteiger partial charge is 0.467 e. The molecule has 7 rings (SSSR count). The van der Waals surface area contributed by atoms with E-state index in [-0.39, 0.29) is 18.1 Å². The highest BCUT2D eigenvalue weighted by Crippen LogP contribution is 2.62. The van der Waals surface area contributed by atoms with E-state index in [1.807, 2.05) is 38.1 Å². The Morgan fingerprint density at radius 3 is 2.15 bits per heavy atom. The van der Waals surface area contributed by atoms with E-state index in [1.54, 1.807) is 0 Å². The lowest BCUT2D eigenvalue weighted by Gasteiger charge is -2.57. The Hall–Kier alpha value is -2.89. The third-order valence-electron chi connectivity index (χ3n) is 9.24. The van der Waals surface area contributed by atoms with Crippen LogP contribution in [0, 0.1) is 17.8 Å². The van der Waals surface area contributed by atoms with Crippen LogP contribution in [0.4, 0.5) is 0 Å². The molecule has 0 heterocycles. The van der Waals surface area contributed by atoms with Crippen LogP contribution < -0.4 is 10.1 Å². The van der Waals surface area contributed by atoms with E-state index in [4.69, 9.17) is 14.2 Å². The minimum atomic E-state index is -0.0304. The third-order valence-corrected chi connectivity index (χ3v) is 9.24. The zero-order valence-corrected chi connectivity index (χ0v) is 23.3. The molecule has 1 amide bonds. The summed E-state index contributed by atoms with van der Waals surface area (Å²) in [6.45, 7) is 6.63. The summed E-state index contributed by atoms with van der Waals surface area (Å²) in [5.41, 5.74) is 4.56. The van der Waals surface area contributed by atoms with Crippen LogP contribution in [0.15, 0.2) is 54.6 Å². The Labute approximate surface area is 232 Å². The number of hydrogen-bond acceptors (Lipinski definition) is 4. The van der Waals surface area contributed by atoms with Gasteiger partial charge in [-0.15, -0.1) is 0 Å². The van der Waals surface area contributed by atoms with Gasteiger partial charge in [0, 0.05) is 24.3 Å². The Kier molecular flexibility index (Phi) is 7.64. The smallest absolute Gasteiger partial charge is 0.251 e. The summed E-state index contributed by atoms with van der Waals surface area (Å²) in [7, 11) is 0. The zero-order chi connectivity index (χ0) is 26.8. The first-order valence-corrected chi connectivity index (χ1v) is 14.8. The molecule has 0 atom stereocenters. The Morgan fingerprint density at radius 2 is 1.49 bits per heavy atom. The number of amides is 1. The van der Waals surface area contributed by atoms with Crippen LogP contribution >= 0.6 is 0 Å².